The fraction of sp³-hybridized carbons (Fsp3) is 0.889. The Kier molecular flexibility index (Phi) is 2.05. The van der Waals surface area contributed by atoms with E-state index < -0.39 is 0 Å². The van der Waals surface area contributed by atoms with Crippen molar-refractivity contribution in [2.24, 2.45) is 5.92 Å². The molecule has 2 aliphatic heterocycles. The van der Waals surface area contributed by atoms with E-state index in [0.29, 0.717) is 6.10 Å². The Labute approximate surface area is 72.7 Å². The molecule has 0 saturated carbocycles. The Morgan fingerprint density at radius 2 is 2.00 bits per heavy atom. The maximum absolute atomic E-state index is 11.0. The molecule has 12 heavy (non-hydrogen) atoms. The van der Waals surface area contributed by atoms with Gasteiger partial charge in [-0.25, -0.2) is 0 Å². The molecule has 0 aromatic heterocycles. The summed E-state index contributed by atoms with van der Waals surface area (Å²) in [5, 5.41) is 0. The van der Waals surface area contributed by atoms with Crippen LogP contribution in [-0.2, 0) is 9.53 Å². The number of rotatable bonds is 1. The summed E-state index contributed by atoms with van der Waals surface area (Å²) in [6.45, 7) is 4.46. The van der Waals surface area contributed by atoms with Crippen molar-refractivity contribution in [1.29, 1.82) is 0 Å². The maximum atomic E-state index is 11.0. The standard InChI is InChI=1S/C9H15NO2/c1-7(11)10-4-2-8(3-5-10)9-6-12-9/h8-9H,2-6H2,1H3. The first kappa shape index (κ1) is 8.05. The first-order chi connectivity index (χ1) is 5.77. The van der Waals surface area contributed by atoms with Gasteiger partial charge in [-0.2, -0.15) is 0 Å². The van der Waals surface area contributed by atoms with Crippen LogP contribution in [0.5, 0.6) is 0 Å². The van der Waals surface area contributed by atoms with Gasteiger partial charge in [-0.3, -0.25) is 4.79 Å². The quantitative estimate of drug-likeness (QED) is 0.540. The lowest BCUT2D eigenvalue weighted by Gasteiger charge is -2.30. The van der Waals surface area contributed by atoms with Gasteiger partial charge in [-0.15, -0.1) is 0 Å². The number of piperidine rings is 1. The van der Waals surface area contributed by atoms with Gasteiger partial charge in [-0.1, -0.05) is 0 Å². The smallest absolute Gasteiger partial charge is 0.219 e. The lowest BCUT2D eigenvalue weighted by atomic mass is 9.94. The third kappa shape index (κ3) is 1.61. The fourth-order valence-corrected chi connectivity index (χ4v) is 1.91. The molecule has 2 saturated heterocycles. The van der Waals surface area contributed by atoms with Gasteiger partial charge >= 0.3 is 0 Å². The third-order valence-electron chi connectivity index (χ3n) is 2.87. The first-order valence-electron chi connectivity index (χ1n) is 4.64. The van der Waals surface area contributed by atoms with Crippen LogP contribution >= 0.6 is 0 Å². The summed E-state index contributed by atoms with van der Waals surface area (Å²) >= 11 is 0. The van der Waals surface area contributed by atoms with Gasteiger partial charge in [-0.05, 0) is 18.8 Å². The highest BCUT2D eigenvalue weighted by Crippen LogP contribution is 2.29. The summed E-state index contributed by atoms with van der Waals surface area (Å²) < 4.78 is 5.24. The van der Waals surface area contributed by atoms with Crippen molar-refractivity contribution in [3.05, 3.63) is 0 Å². The van der Waals surface area contributed by atoms with E-state index in [9.17, 15) is 4.79 Å². The summed E-state index contributed by atoms with van der Waals surface area (Å²) in [4.78, 5) is 12.9. The molecule has 0 radical (unpaired) electrons. The average Bonchev–Trinajstić information content (AvgIpc) is 2.87. The Bertz CT molecular complexity index is 181. The number of ether oxygens (including phenoxy) is 1. The van der Waals surface area contributed by atoms with Crippen molar-refractivity contribution in [2.75, 3.05) is 19.7 Å². The highest BCUT2D eigenvalue weighted by molar-refractivity contribution is 5.73. The number of epoxide rings is 1. The van der Waals surface area contributed by atoms with E-state index in [-0.39, 0.29) is 5.91 Å². The molecule has 1 atom stereocenters. The largest absolute Gasteiger partial charge is 0.373 e. The van der Waals surface area contributed by atoms with Gasteiger partial charge in [0.25, 0.3) is 0 Å². The molecule has 2 aliphatic rings. The SMILES string of the molecule is CC(=O)N1CCC(C2CO2)CC1. The molecule has 68 valence electrons. The van der Waals surface area contributed by atoms with Crippen molar-refractivity contribution in [3.63, 3.8) is 0 Å². The summed E-state index contributed by atoms with van der Waals surface area (Å²) in [5.41, 5.74) is 0. The number of amides is 1. The molecule has 1 amide bonds. The molecule has 0 spiro atoms. The number of carbonyl (C=O) groups is 1. The molecule has 3 heteroatoms. The third-order valence-corrected chi connectivity index (χ3v) is 2.87. The van der Waals surface area contributed by atoms with Crippen LogP contribution in [0, 0.1) is 5.92 Å². The minimum absolute atomic E-state index is 0.213. The molecule has 1 unspecified atom stereocenters. The zero-order valence-electron chi connectivity index (χ0n) is 7.45. The zero-order valence-corrected chi connectivity index (χ0v) is 7.45. The predicted octanol–water partition coefficient (Wildman–Crippen LogP) is 0.644. The van der Waals surface area contributed by atoms with Crippen molar-refractivity contribution >= 4 is 5.91 Å². The van der Waals surface area contributed by atoms with Crippen LogP contribution in [0.25, 0.3) is 0 Å². The van der Waals surface area contributed by atoms with Crippen LogP contribution in [0.1, 0.15) is 19.8 Å². The van der Waals surface area contributed by atoms with Crippen LogP contribution in [0.3, 0.4) is 0 Å². The highest BCUT2D eigenvalue weighted by Gasteiger charge is 2.35. The molecule has 2 heterocycles. The minimum atomic E-state index is 0.213. The van der Waals surface area contributed by atoms with Crippen LogP contribution < -0.4 is 0 Å². The topological polar surface area (TPSA) is 32.8 Å². The van der Waals surface area contributed by atoms with Crippen molar-refractivity contribution in [2.45, 2.75) is 25.9 Å². The second-order valence-corrected chi connectivity index (χ2v) is 3.72. The predicted molar refractivity (Wildman–Crippen MR) is 44.7 cm³/mol. The lowest BCUT2D eigenvalue weighted by Crippen LogP contribution is -2.38. The second-order valence-electron chi connectivity index (χ2n) is 3.72. The number of nitrogens with zero attached hydrogens (tertiary/aromatic N) is 1. The van der Waals surface area contributed by atoms with Gasteiger partial charge in [0.2, 0.25) is 5.91 Å². The van der Waals surface area contributed by atoms with Crippen LogP contribution in [-0.4, -0.2) is 36.6 Å². The number of hydrogen-bond donors (Lipinski definition) is 0. The monoisotopic (exact) mass is 169 g/mol. The normalized spacial score (nSPS) is 30.4. The number of likely N-dealkylation sites (tertiary alicyclic amines) is 1. The minimum Gasteiger partial charge on any atom is -0.373 e. The van der Waals surface area contributed by atoms with E-state index >= 15 is 0 Å². The fourth-order valence-electron chi connectivity index (χ4n) is 1.91. The molecule has 0 N–H and O–H groups in total. The molecule has 2 rings (SSSR count). The van der Waals surface area contributed by atoms with Gasteiger partial charge < -0.3 is 9.64 Å². The summed E-state index contributed by atoms with van der Waals surface area (Å²) in [5.74, 6) is 0.936. The molecule has 0 bridgehead atoms. The molecular formula is C9H15NO2. The Morgan fingerprint density at radius 1 is 1.42 bits per heavy atom. The second kappa shape index (κ2) is 3.05. The lowest BCUT2D eigenvalue weighted by molar-refractivity contribution is -0.130. The van der Waals surface area contributed by atoms with Crippen molar-refractivity contribution in [1.82, 2.24) is 4.90 Å². The highest BCUT2D eigenvalue weighted by atomic mass is 16.6. The Hall–Kier alpha value is -0.570. The van der Waals surface area contributed by atoms with E-state index in [1.54, 1.807) is 6.92 Å². The summed E-state index contributed by atoms with van der Waals surface area (Å²) in [7, 11) is 0. The molecule has 0 aromatic carbocycles. The Morgan fingerprint density at radius 3 is 2.42 bits per heavy atom. The van der Waals surface area contributed by atoms with Crippen molar-refractivity contribution in [3.8, 4) is 0 Å². The molecular weight excluding hydrogens is 154 g/mol. The Balaban J connectivity index is 1.80. The molecule has 2 fully saturated rings. The number of carbonyl (C=O) groups excluding carboxylic acids is 1. The molecule has 0 aliphatic carbocycles. The summed E-state index contributed by atoms with van der Waals surface area (Å²) in [6, 6.07) is 0. The first-order valence-corrected chi connectivity index (χ1v) is 4.64. The maximum Gasteiger partial charge on any atom is 0.219 e. The van der Waals surface area contributed by atoms with Gasteiger partial charge in [0.05, 0.1) is 12.7 Å². The van der Waals surface area contributed by atoms with Gasteiger partial charge in [0.15, 0.2) is 0 Å². The average molecular weight is 169 g/mol. The zero-order chi connectivity index (χ0) is 8.55. The van der Waals surface area contributed by atoms with E-state index in [1.807, 2.05) is 4.90 Å². The van der Waals surface area contributed by atoms with E-state index in [2.05, 4.69) is 0 Å². The van der Waals surface area contributed by atoms with E-state index in [4.69, 9.17) is 4.74 Å². The van der Waals surface area contributed by atoms with E-state index in [1.165, 1.54) is 0 Å². The number of hydrogen-bond acceptors (Lipinski definition) is 2. The molecule has 0 aromatic rings. The van der Waals surface area contributed by atoms with Crippen LogP contribution in [0.15, 0.2) is 0 Å². The molecule has 3 nitrogen and oxygen atoms in total. The van der Waals surface area contributed by atoms with Crippen LogP contribution in [0.4, 0.5) is 0 Å². The van der Waals surface area contributed by atoms with Gasteiger partial charge in [0, 0.05) is 20.0 Å². The van der Waals surface area contributed by atoms with Crippen molar-refractivity contribution < 1.29 is 9.53 Å². The van der Waals surface area contributed by atoms with Gasteiger partial charge in [0.1, 0.15) is 0 Å². The van der Waals surface area contributed by atoms with E-state index in [0.717, 1.165) is 38.5 Å². The van der Waals surface area contributed by atoms with Crippen LogP contribution in [0.2, 0.25) is 0 Å². The summed E-state index contributed by atoms with van der Waals surface area (Å²) in [6.07, 6.45) is 2.79.